The van der Waals surface area contributed by atoms with E-state index in [1.165, 1.54) is 49.1 Å². The van der Waals surface area contributed by atoms with Crippen LogP contribution in [-0.4, -0.2) is 8.07 Å². The minimum atomic E-state index is -1.75. The molecular formula is C31H30NSi+. The Kier molecular flexibility index (Phi) is 5.47. The smallest absolute Gasteiger partial charge is 0.200 e. The van der Waals surface area contributed by atoms with Crippen LogP contribution in [-0.2, 0) is 7.05 Å². The summed E-state index contributed by atoms with van der Waals surface area (Å²) in [6, 6.07) is 37.8. The van der Waals surface area contributed by atoms with Crippen LogP contribution in [0.1, 0.15) is 5.56 Å². The molecule has 162 valence electrons. The zero-order valence-corrected chi connectivity index (χ0v) is 20.8. The molecule has 0 aliphatic carbocycles. The van der Waals surface area contributed by atoms with Crippen molar-refractivity contribution in [2.45, 2.75) is 20.0 Å². The van der Waals surface area contributed by atoms with Gasteiger partial charge in [0.05, 0.1) is 5.39 Å². The monoisotopic (exact) mass is 444 g/mol. The summed E-state index contributed by atoms with van der Waals surface area (Å²) in [5.41, 5.74) is 6.37. The topological polar surface area (TPSA) is 3.88 Å². The third-order valence-corrected chi connectivity index (χ3v) is 10.5. The summed E-state index contributed by atoms with van der Waals surface area (Å²) in [6.07, 6.45) is 2.20. The summed E-state index contributed by atoms with van der Waals surface area (Å²) < 4.78 is 2.26. The number of hydrogen-bond donors (Lipinski definition) is 0. The Morgan fingerprint density at radius 3 is 2.03 bits per heavy atom. The Balaban J connectivity index is 1.62. The number of rotatable bonds is 4. The quantitative estimate of drug-likeness (QED) is 0.232. The first-order valence-electron chi connectivity index (χ1n) is 11.6. The SMILES string of the molecule is Cc1cc(-c2ccccc2)ccc1-c1c2ccc([Si](C)(C)c3ccccc3)cc2cc[n+]1C. The summed E-state index contributed by atoms with van der Waals surface area (Å²) in [4.78, 5) is 0. The van der Waals surface area contributed by atoms with Crippen LogP contribution in [0.25, 0.3) is 33.2 Å². The lowest BCUT2D eigenvalue weighted by atomic mass is 9.95. The van der Waals surface area contributed by atoms with E-state index in [1.807, 2.05) is 0 Å². The molecule has 2 heteroatoms. The largest absolute Gasteiger partial charge is 0.220 e. The molecule has 0 saturated carbocycles. The summed E-state index contributed by atoms with van der Waals surface area (Å²) in [5.74, 6) is 0. The van der Waals surface area contributed by atoms with Crippen LogP contribution in [0.4, 0.5) is 0 Å². The van der Waals surface area contributed by atoms with Crippen LogP contribution in [0.15, 0.2) is 109 Å². The van der Waals surface area contributed by atoms with Gasteiger partial charge in [-0.25, -0.2) is 4.57 Å². The minimum Gasteiger partial charge on any atom is -0.200 e. The van der Waals surface area contributed by atoms with Gasteiger partial charge in [0.15, 0.2) is 6.20 Å². The van der Waals surface area contributed by atoms with Gasteiger partial charge in [0.1, 0.15) is 15.1 Å². The average molecular weight is 445 g/mol. The number of pyridine rings is 1. The van der Waals surface area contributed by atoms with E-state index in [-0.39, 0.29) is 0 Å². The van der Waals surface area contributed by atoms with Crippen LogP contribution in [0.5, 0.6) is 0 Å². The van der Waals surface area contributed by atoms with E-state index in [4.69, 9.17) is 0 Å². The zero-order chi connectivity index (χ0) is 23.0. The Morgan fingerprint density at radius 2 is 1.33 bits per heavy atom. The normalized spacial score (nSPS) is 11.6. The van der Waals surface area contributed by atoms with Gasteiger partial charge >= 0.3 is 0 Å². The molecule has 1 aromatic heterocycles. The first-order chi connectivity index (χ1) is 15.9. The molecule has 0 amide bonds. The van der Waals surface area contributed by atoms with Crippen molar-refractivity contribution in [1.29, 1.82) is 0 Å². The number of hydrogen-bond acceptors (Lipinski definition) is 0. The van der Waals surface area contributed by atoms with E-state index in [0.717, 1.165) is 0 Å². The second kappa shape index (κ2) is 8.46. The van der Waals surface area contributed by atoms with Crippen LogP contribution < -0.4 is 14.9 Å². The molecule has 0 aliphatic heterocycles. The van der Waals surface area contributed by atoms with Crippen molar-refractivity contribution in [2.24, 2.45) is 7.05 Å². The van der Waals surface area contributed by atoms with E-state index in [1.54, 1.807) is 0 Å². The predicted octanol–water partition coefficient (Wildman–Crippen LogP) is 6.13. The first-order valence-corrected chi connectivity index (χ1v) is 14.6. The summed E-state index contributed by atoms with van der Waals surface area (Å²) in [7, 11) is 0.403. The Hall–Kier alpha value is -3.49. The van der Waals surface area contributed by atoms with Crippen molar-refractivity contribution in [1.82, 2.24) is 0 Å². The van der Waals surface area contributed by atoms with Gasteiger partial charge in [-0.2, -0.15) is 0 Å². The third kappa shape index (κ3) is 3.92. The molecular weight excluding hydrogens is 414 g/mol. The van der Waals surface area contributed by atoms with Gasteiger partial charge in [0.2, 0.25) is 5.69 Å². The fourth-order valence-corrected chi connectivity index (χ4v) is 7.23. The fourth-order valence-electron chi connectivity index (χ4n) is 4.86. The van der Waals surface area contributed by atoms with Crippen LogP contribution >= 0.6 is 0 Å². The Labute approximate surface area is 198 Å². The fraction of sp³-hybridized carbons (Fsp3) is 0.129. The minimum absolute atomic E-state index is 1.26. The molecule has 4 aromatic carbocycles. The number of aryl methyl sites for hydroxylation is 2. The maximum absolute atomic E-state index is 2.44. The Bertz CT molecular complexity index is 1440. The predicted molar refractivity (Wildman–Crippen MR) is 144 cm³/mol. The highest BCUT2D eigenvalue weighted by atomic mass is 28.3. The number of nitrogens with zero attached hydrogens (tertiary/aromatic N) is 1. The van der Waals surface area contributed by atoms with E-state index < -0.39 is 8.07 Å². The molecule has 5 aromatic rings. The lowest BCUT2D eigenvalue weighted by Gasteiger charge is -2.24. The van der Waals surface area contributed by atoms with Gasteiger partial charge in [-0.3, -0.25) is 0 Å². The van der Waals surface area contributed by atoms with Crippen molar-refractivity contribution < 1.29 is 4.57 Å². The van der Waals surface area contributed by atoms with Gasteiger partial charge in [-0.05, 0) is 41.1 Å². The molecule has 33 heavy (non-hydrogen) atoms. The maximum Gasteiger partial charge on any atom is 0.220 e. The van der Waals surface area contributed by atoms with Crippen molar-refractivity contribution in [3.63, 3.8) is 0 Å². The number of aromatic nitrogens is 1. The molecule has 0 saturated heterocycles. The highest BCUT2D eigenvalue weighted by Gasteiger charge is 2.27. The number of benzene rings is 4. The molecule has 0 fully saturated rings. The average Bonchev–Trinajstić information content (AvgIpc) is 2.85. The number of fused-ring (bicyclic) bond motifs is 1. The van der Waals surface area contributed by atoms with Crippen molar-refractivity contribution in [2.75, 3.05) is 0 Å². The molecule has 0 atom stereocenters. The van der Waals surface area contributed by atoms with Crippen LogP contribution in [0.2, 0.25) is 13.1 Å². The molecule has 0 N–H and O–H groups in total. The summed E-state index contributed by atoms with van der Waals surface area (Å²) in [5, 5.41) is 5.55. The maximum atomic E-state index is 2.44. The summed E-state index contributed by atoms with van der Waals surface area (Å²) in [6.45, 7) is 7.11. The van der Waals surface area contributed by atoms with Crippen LogP contribution in [0, 0.1) is 6.92 Å². The molecule has 0 bridgehead atoms. The highest BCUT2D eigenvalue weighted by molar-refractivity contribution is 7.00. The van der Waals surface area contributed by atoms with E-state index >= 15 is 0 Å². The van der Waals surface area contributed by atoms with Gasteiger partial charge < -0.3 is 0 Å². The highest BCUT2D eigenvalue weighted by Crippen LogP contribution is 2.31. The first kappa shape index (κ1) is 21.4. The van der Waals surface area contributed by atoms with Gasteiger partial charge in [0, 0.05) is 11.6 Å². The molecule has 5 rings (SSSR count). The molecule has 0 unspecified atom stereocenters. The lowest BCUT2D eigenvalue weighted by molar-refractivity contribution is -0.659. The standard InChI is InChI=1S/C31H30NSi/c1-23-21-25(24-11-7-5-8-12-24)15-17-29(23)31-30-18-16-28(22-26(30)19-20-32(31)2)33(3,4)27-13-9-6-10-14-27/h5-22H,1-4H3/q+1. The zero-order valence-electron chi connectivity index (χ0n) is 19.8. The molecule has 1 heterocycles. The van der Waals surface area contributed by atoms with Crippen molar-refractivity contribution in [3.8, 4) is 22.4 Å². The van der Waals surface area contributed by atoms with Gasteiger partial charge in [-0.15, -0.1) is 0 Å². The molecule has 0 aliphatic rings. The van der Waals surface area contributed by atoms with E-state index in [9.17, 15) is 0 Å². The van der Waals surface area contributed by atoms with Gasteiger partial charge in [0.25, 0.3) is 0 Å². The second-order valence-corrected chi connectivity index (χ2v) is 13.9. The summed E-state index contributed by atoms with van der Waals surface area (Å²) >= 11 is 0. The molecule has 1 nitrogen and oxygen atoms in total. The third-order valence-electron chi connectivity index (χ3n) is 6.94. The van der Waals surface area contributed by atoms with Crippen LogP contribution in [0.3, 0.4) is 0 Å². The molecule has 0 radical (unpaired) electrons. The van der Waals surface area contributed by atoms with E-state index in [0.29, 0.717) is 0 Å². The second-order valence-electron chi connectivity index (χ2n) is 9.46. The lowest BCUT2D eigenvalue weighted by Crippen LogP contribution is -2.52. The van der Waals surface area contributed by atoms with Crippen molar-refractivity contribution in [3.05, 3.63) is 115 Å². The van der Waals surface area contributed by atoms with E-state index in [2.05, 4.69) is 141 Å². The Morgan fingerprint density at radius 1 is 0.636 bits per heavy atom. The van der Waals surface area contributed by atoms with Gasteiger partial charge in [-0.1, -0.05) is 108 Å². The molecule has 0 spiro atoms. The van der Waals surface area contributed by atoms with Crippen molar-refractivity contribution >= 4 is 29.2 Å².